The van der Waals surface area contributed by atoms with Gasteiger partial charge < -0.3 is 21.1 Å². The first-order valence-corrected chi connectivity index (χ1v) is 8.53. The minimum atomic E-state index is -0.497. The first-order valence-electron chi connectivity index (χ1n) is 8.53. The number of hydrogen-bond donors (Lipinski definition) is 3. The van der Waals surface area contributed by atoms with E-state index in [1.54, 1.807) is 17.0 Å². The van der Waals surface area contributed by atoms with E-state index in [4.69, 9.17) is 10.5 Å². The Morgan fingerprint density at radius 3 is 2.77 bits per heavy atom. The lowest BCUT2D eigenvalue weighted by Crippen LogP contribution is -2.33. The zero-order valence-corrected chi connectivity index (χ0v) is 16.3. The number of amides is 1. The van der Waals surface area contributed by atoms with E-state index in [9.17, 15) is 4.79 Å². The van der Waals surface area contributed by atoms with Crippen molar-refractivity contribution < 1.29 is 9.53 Å². The zero-order valence-electron chi connectivity index (χ0n) is 16.3. The average Bonchev–Trinajstić information content (AvgIpc) is 2.95. The predicted molar refractivity (Wildman–Crippen MR) is 104 cm³/mol. The van der Waals surface area contributed by atoms with Gasteiger partial charge in [0.1, 0.15) is 11.3 Å². The van der Waals surface area contributed by atoms with Crippen LogP contribution in [0.2, 0.25) is 0 Å². The smallest absolute Gasteiger partial charge is 0.407 e. The fraction of sp³-hybridized carbons (Fsp3) is 0.500. The molecular formula is C18H30N6O2. The Hall–Kier alpha value is -2.77. The van der Waals surface area contributed by atoms with Crippen molar-refractivity contribution >= 4 is 17.6 Å². The minimum Gasteiger partial charge on any atom is -0.444 e. The van der Waals surface area contributed by atoms with E-state index in [2.05, 4.69) is 27.3 Å². The van der Waals surface area contributed by atoms with Gasteiger partial charge >= 0.3 is 6.09 Å². The van der Waals surface area contributed by atoms with Crippen molar-refractivity contribution in [2.75, 3.05) is 6.54 Å². The van der Waals surface area contributed by atoms with Crippen molar-refractivity contribution in [2.45, 2.75) is 53.2 Å². The van der Waals surface area contributed by atoms with Crippen LogP contribution in [-0.4, -0.2) is 33.9 Å². The first-order chi connectivity index (χ1) is 12.1. The van der Waals surface area contributed by atoms with Crippen molar-refractivity contribution in [1.82, 2.24) is 20.4 Å². The summed E-state index contributed by atoms with van der Waals surface area (Å²) in [6, 6.07) is 0. The molecule has 0 saturated carbocycles. The molecule has 0 unspecified atom stereocenters. The van der Waals surface area contributed by atoms with Gasteiger partial charge in [-0.15, -0.1) is 0 Å². The molecule has 0 aliphatic rings. The average molecular weight is 362 g/mol. The summed E-state index contributed by atoms with van der Waals surface area (Å²) < 4.78 is 6.94. The Morgan fingerprint density at radius 2 is 2.19 bits per heavy atom. The molecule has 1 aromatic heterocycles. The number of aromatic nitrogens is 2. The summed E-state index contributed by atoms with van der Waals surface area (Å²) in [4.78, 5) is 16.0. The summed E-state index contributed by atoms with van der Waals surface area (Å²) in [6.45, 7) is 14.1. The Labute approximate surface area is 155 Å². The number of rotatable bonds is 7. The molecule has 1 amide bonds. The van der Waals surface area contributed by atoms with Gasteiger partial charge in [0, 0.05) is 18.8 Å². The SMILES string of the molecule is C=C(C)NC(=Nc1cnn(CCCNC(=O)OC(C)(C)C)c1)/C(N)=C\C. The third-order valence-electron chi connectivity index (χ3n) is 3.01. The summed E-state index contributed by atoms with van der Waals surface area (Å²) in [7, 11) is 0. The number of nitrogens with one attached hydrogen (secondary N) is 2. The second-order valence-corrected chi connectivity index (χ2v) is 6.85. The van der Waals surface area contributed by atoms with Crippen LogP contribution in [-0.2, 0) is 11.3 Å². The van der Waals surface area contributed by atoms with Gasteiger partial charge in [0.2, 0.25) is 0 Å². The second-order valence-electron chi connectivity index (χ2n) is 6.85. The van der Waals surface area contributed by atoms with Crippen LogP contribution in [0, 0.1) is 0 Å². The zero-order chi connectivity index (χ0) is 19.7. The first kappa shape index (κ1) is 21.3. The molecular weight excluding hydrogens is 332 g/mol. The van der Waals surface area contributed by atoms with Gasteiger partial charge in [-0.2, -0.15) is 5.10 Å². The molecule has 0 aliphatic carbocycles. The summed E-state index contributed by atoms with van der Waals surface area (Å²) in [5.74, 6) is 0.533. The summed E-state index contributed by atoms with van der Waals surface area (Å²) in [6.07, 6.45) is 5.54. The van der Waals surface area contributed by atoms with Gasteiger partial charge in [0.05, 0.1) is 18.1 Å². The Bertz CT molecular complexity index is 682. The highest BCUT2D eigenvalue weighted by atomic mass is 16.6. The number of alkyl carbamates (subject to hydrolysis) is 1. The Balaban J connectivity index is 2.55. The van der Waals surface area contributed by atoms with Gasteiger partial charge in [0.15, 0.2) is 5.84 Å². The van der Waals surface area contributed by atoms with Crippen LogP contribution in [0.25, 0.3) is 0 Å². The number of hydrogen-bond acceptors (Lipinski definition) is 5. The van der Waals surface area contributed by atoms with Crippen molar-refractivity contribution in [1.29, 1.82) is 0 Å². The highest BCUT2D eigenvalue weighted by Crippen LogP contribution is 2.11. The summed E-state index contributed by atoms with van der Waals surface area (Å²) in [5, 5.41) is 10.0. The lowest BCUT2D eigenvalue weighted by atomic mass is 10.2. The van der Waals surface area contributed by atoms with E-state index < -0.39 is 11.7 Å². The number of nitrogens with zero attached hydrogens (tertiary/aromatic N) is 3. The van der Waals surface area contributed by atoms with Gasteiger partial charge in [-0.1, -0.05) is 12.7 Å². The molecule has 4 N–H and O–H groups in total. The number of carbonyl (C=O) groups is 1. The number of amidine groups is 1. The van der Waals surface area contributed by atoms with E-state index >= 15 is 0 Å². The van der Waals surface area contributed by atoms with Gasteiger partial charge in [0.25, 0.3) is 0 Å². The maximum absolute atomic E-state index is 11.6. The summed E-state index contributed by atoms with van der Waals surface area (Å²) in [5.41, 5.74) is 7.39. The van der Waals surface area contributed by atoms with Crippen molar-refractivity contribution in [3.8, 4) is 0 Å². The number of aliphatic imine (C=N–C) groups is 1. The Kier molecular flexibility index (Phi) is 7.89. The van der Waals surface area contributed by atoms with Crippen molar-refractivity contribution in [2.24, 2.45) is 10.7 Å². The number of carbonyl (C=O) groups excluding carboxylic acids is 1. The maximum Gasteiger partial charge on any atom is 0.407 e. The molecule has 0 atom stereocenters. The predicted octanol–water partition coefficient (Wildman–Crippen LogP) is 2.81. The third-order valence-corrected chi connectivity index (χ3v) is 3.01. The number of ether oxygens (including phenoxy) is 1. The molecule has 1 aromatic rings. The fourth-order valence-corrected chi connectivity index (χ4v) is 1.91. The molecule has 1 rings (SSSR count). The molecule has 8 heteroatoms. The molecule has 26 heavy (non-hydrogen) atoms. The van der Waals surface area contributed by atoms with Crippen LogP contribution < -0.4 is 16.4 Å². The standard InChI is InChI=1S/C18H30N6O2/c1-7-15(19)16(22-13(2)3)23-14-11-21-24(12-14)10-8-9-20-17(25)26-18(4,5)6/h7,11-12H,2,8-10,19H2,1,3-6H3,(H,20,25)(H,22,23)/b15-7+. The monoisotopic (exact) mass is 362 g/mol. The van der Waals surface area contributed by atoms with Crippen LogP contribution in [0.1, 0.15) is 41.0 Å². The van der Waals surface area contributed by atoms with Crippen molar-refractivity contribution in [3.63, 3.8) is 0 Å². The fourth-order valence-electron chi connectivity index (χ4n) is 1.91. The second kappa shape index (κ2) is 9.65. The molecule has 0 bridgehead atoms. The molecule has 144 valence electrons. The van der Waals surface area contributed by atoms with E-state index in [0.717, 1.165) is 12.1 Å². The summed E-state index contributed by atoms with van der Waals surface area (Å²) >= 11 is 0. The normalized spacial score (nSPS) is 12.7. The molecule has 1 heterocycles. The quantitative estimate of drug-likeness (QED) is 0.393. The van der Waals surface area contributed by atoms with Crippen LogP contribution >= 0.6 is 0 Å². The molecule has 0 radical (unpaired) electrons. The number of allylic oxidation sites excluding steroid dienone is 2. The van der Waals surface area contributed by atoms with Gasteiger partial charge in [-0.25, -0.2) is 9.79 Å². The van der Waals surface area contributed by atoms with E-state index in [-0.39, 0.29) is 0 Å². The highest BCUT2D eigenvalue weighted by Gasteiger charge is 2.15. The minimum absolute atomic E-state index is 0.416. The van der Waals surface area contributed by atoms with Gasteiger partial charge in [-0.05, 0) is 41.0 Å². The van der Waals surface area contributed by atoms with E-state index in [1.165, 1.54) is 0 Å². The topological polar surface area (TPSA) is 107 Å². The number of aryl methyl sites for hydroxylation is 1. The molecule has 8 nitrogen and oxygen atoms in total. The Morgan fingerprint density at radius 1 is 1.50 bits per heavy atom. The highest BCUT2D eigenvalue weighted by molar-refractivity contribution is 5.99. The molecule has 0 aromatic carbocycles. The lowest BCUT2D eigenvalue weighted by Gasteiger charge is -2.19. The van der Waals surface area contributed by atoms with Crippen LogP contribution in [0.15, 0.2) is 41.4 Å². The lowest BCUT2D eigenvalue weighted by molar-refractivity contribution is 0.0526. The maximum atomic E-state index is 11.6. The number of nitrogens with two attached hydrogens (primary N) is 1. The van der Waals surface area contributed by atoms with Crippen molar-refractivity contribution in [3.05, 3.63) is 36.4 Å². The molecule has 0 saturated heterocycles. The third kappa shape index (κ3) is 8.36. The largest absolute Gasteiger partial charge is 0.444 e. The molecule has 0 fully saturated rings. The van der Waals surface area contributed by atoms with Gasteiger partial charge in [-0.3, -0.25) is 4.68 Å². The van der Waals surface area contributed by atoms with E-state index in [0.29, 0.717) is 30.3 Å². The molecule has 0 aliphatic heterocycles. The van der Waals surface area contributed by atoms with Crippen LogP contribution in [0.3, 0.4) is 0 Å². The van der Waals surface area contributed by atoms with Crippen LogP contribution in [0.4, 0.5) is 10.5 Å². The molecule has 0 spiro atoms. The van der Waals surface area contributed by atoms with E-state index in [1.807, 2.05) is 40.8 Å². The van der Waals surface area contributed by atoms with Crippen LogP contribution in [0.5, 0.6) is 0 Å².